The third-order valence-electron chi connectivity index (χ3n) is 4.51. The molecule has 0 fully saturated rings. The van der Waals surface area contributed by atoms with Crippen molar-refractivity contribution in [2.75, 3.05) is 10.7 Å². The van der Waals surface area contributed by atoms with Crippen LogP contribution in [0, 0.1) is 0 Å². The van der Waals surface area contributed by atoms with E-state index in [4.69, 9.17) is 0 Å². The average molecular weight is 418 g/mol. The molecule has 150 valence electrons. The van der Waals surface area contributed by atoms with Crippen LogP contribution < -0.4 is 16.3 Å². The first-order valence-electron chi connectivity index (χ1n) is 9.33. The second-order valence-corrected chi connectivity index (χ2v) is 7.66. The van der Waals surface area contributed by atoms with E-state index in [2.05, 4.69) is 15.7 Å². The van der Waals surface area contributed by atoms with Gasteiger partial charge >= 0.3 is 0 Å². The van der Waals surface area contributed by atoms with Gasteiger partial charge in [0.25, 0.3) is 17.4 Å². The standard InChI is InChI=1S/C22H18N4O3S/c1-2-17-12-18-21(30-17)23-13-26(22(18)29)25-20(28)15-8-10-16(11-9-15)24-19(27)14-6-4-3-5-7-14/h3-13H,2H2,1H3,(H,24,27)(H,25,28). The van der Waals surface area contributed by atoms with Crippen molar-refractivity contribution in [3.8, 4) is 0 Å². The van der Waals surface area contributed by atoms with Gasteiger partial charge < -0.3 is 5.32 Å². The number of amides is 2. The lowest BCUT2D eigenvalue weighted by atomic mass is 10.1. The molecule has 0 saturated carbocycles. The van der Waals surface area contributed by atoms with Crippen LogP contribution in [0.2, 0.25) is 0 Å². The molecule has 2 N–H and O–H groups in total. The van der Waals surface area contributed by atoms with Crippen molar-refractivity contribution in [3.63, 3.8) is 0 Å². The minimum absolute atomic E-state index is 0.235. The van der Waals surface area contributed by atoms with E-state index >= 15 is 0 Å². The lowest BCUT2D eigenvalue weighted by Gasteiger charge is -2.09. The van der Waals surface area contributed by atoms with E-state index in [-0.39, 0.29) is 11.5 Å². The largest absolute Gasteiger partial charge is 0.322 e. The zero-order valence-electron chi connectivity index (χ0n) is 16.1. The molecule has 0 saturated heterocycles. The number of nitrogens with zero attached hydrogens (tertiary/aromatic N) is 2. The maximum absolute atomic E-state index is 12.6. The molecule has 4 aromatic rings. The fourth-order valence-electron chi connectivity index (χ4n) is 2.90. The Bertz CT molecular complexity index is 1280. The summed E-state index contributed by atoms with van der Waals surface area (Å²) in [4.78, 5) is 43.3. The summed E-state index contributed by atoms with van der Waals surface area (Å²) in [5.74, 6) is -0.689. The van der Waals surface area contributed by atoms with Crippen LogP contribution in [0.3, 0.4) is 0 Å². The van der Waals surface area contributed by atoms with Gasteiger partial charge in [-0.05, 0) is 48.9 Å². The summed E-state index contributed by atoms with van der Waals surface area (Å²) >= 11 is 1.47. The fraction of sp³-hybridized carbons (Fsp3) is 0.0909. The number of nitrogens with one attached hydrogen (secondary N) is 2. The first-order valence-corrected chi connectivity index (χ1v) is 10.1. The van der Waals surface area contributed by atoms with Crippen molar-refractivity contribution in [1.29, 1.82) is 0 Å². The summed E-state index contributed by atoms with van der Waals surface area (Å²) in [5, 5.41) is 3.26. The lowest BCUT2D eigenvalue weighted by Crippen LogP contribution is -2.33. The van der Waals surface area contributed by atoms with Gasteiger partial charge in [0.2, 0.25) is 0 Å². The van der Waals surface area contributed by atoms with Crippen LogP contribution in [-0.4, -0.2) is 21.5 Å². The van der Waals surface area contributed by atoms with Crippen LogP contribution in [0.25, 0.3) is 10.2 Å². The summed E-state index contributed by atoms with van der Waals surface area (Å²) in [6.45, 7) is 2.01. The Labute approximate surface area is 176 Å². The third-order valence-corrected chi connectivity index (χ3v) is 5.70. The predicted molar refractivity (Wildman–Crippen MR) is 118 cm³/mol. The van der Waals surface area contributed by atoms with Gasteiger partial charge in [-0.3, -0.25) is 19.8 Å². The van der Waals surface area contributed by atoms with Gasteiger partial charge in [-0.15, -0.1) is 11.3 Å². The van der Waals surface area contributed by atoms with E-state index in [0.29, 0.717) is 27.0 Å². The molecule has 2 amide bonds. The number of hydrogen-bond donors (Lipinski definition) is 2. The Morgan fingerprint density at radius 2 is 1.70 bits per heavy atom. The molecule has 2 heterocycles. The highest BCUT2D eigenvalue weighted by atomic mass is 32.1. The molecule has 0 bridgehead atoms. The average Bonchev–Trinajstić information content (AvgIpc) is 3.21. The number of benzene rings is 2. The summed E-state index contributed by atoms with van der Waals surface area (Å²) in [6.07, 6.45) is 2.13. The molecule has 2 aromatic carbocycles. The van der Waals surface area contributed by atoms with E-state index < -0.39 is 5.91 Å². The van der Waals surface area contributed by atoms with Crippen molar-refractivity contribution >= 4 is 39.1 Å². The maximum atomic E-state index is 12.6. The number of anilines is 1. The molecule has 0 radical (unpaired) electrons. The van der Waals surface area contributed by atoms with Gasteiger partial charge in [-0.2, -0.15) is 0 Å². The smallest absolute Gasteiger partial charge is 0.280 e. The number of thiophene rings is 1. The molecule has 0 aliphatic heterocycles. The van der Waals surface area contributed by atoms with E-state index in [1.165, 1.54) is 17.7 Å². The van der Waals surface area contributed by atoms with Gasteiger partial charge in [0, 0.05) is 21.7 Å². The molecule has 0 aliphatic rings. The number of aryl methyl sites for hydroxylation is 1. The Morgan fingerprint density at radius 3 is 2.40 bits per heavy atom. The minimum Gasteiger partial charge on any atom is -0.322 e. The molecule has 0 spiro atoms. The number of carbonyl (C=O) groups is 2. The molecule has 7 nitrogen and oxygen atoms in total. The number of rotatable bonds is 5. The Morgan fingerprint density at radius 1 is 1.00 bits per heavy atom. The number of carbonyl (C=O) groups excluding carboxylic acids is 2. The second-order valence-electron chi connectivity index (χ2n) is 6.54. The van der Waals surface area contributed by atoms with E-state index in [1.54, 1.807) is 48.5 Å². The number of aromatic nitrogens is 2. The second kappa shape index (κ2) is 8.30. The molecule has 30 heavy (non-hydrogen) atoms. The first kappa shape index (κ1) is 19.5. The maximum Gasteiger partial charge on any atom is 0.280 e. The predicted octanol–water partition coefficient (Wildman–Crippen LogP) is 3.66. The first-order chi connectivity index (χ1) is 14.5. The van der Waals surface area contributed by atoms with Gasteiger partial charge in [-0.25, -0.2) is 9.66 Å². The summed E-state index contributed by atoms with van der Waals surface area (Å²) in [7, 11) is 0. The van der Waals surface area contributed by atoms with Gasteiger partial charge in [0.05, 0.1) is 5.39 Å². The summed E-state index contributed by atoms with van der Waals surface area (Å²) in [6, 6.07) is 17.1. The molecular formula is C22H18N4O3S. The summed E-state index contributed by atoms with van der Waals surface area (Å²) < 4.78 is 1.09. The quantitative estimate of drug-likeness (QED) is 0.517. The van der Waals surface area contributed by atoms with Crippen molar-refractivity contribution < 1.29 is 9.59 Å². The monoisotopic (exact) mass is 418 g/mol. The van der Waals surface area contributed by atoms with Crippen LogP contribution >= 0.6 is 11.3 Å². The third kappa shape index (κ3) is 3.99. The highest BCUT2D eigenvalue weighted by molar-refractivity contribution is 7.18. The van der Waals surface area contributed by atoms with Crippen LogP contribution in [-0.2, 0) is 6.42 Å². The van der Waals surface area contributed by atoms with Crippen LogP contribution in [0.5, 0.6) is 0 Å². The topological polar surface area (TPSA) is 93.1 Å². The van der Waals surface area contributed by atoms with Crippen molar-refractivity contribution in [2.24, 2.45) is 0 Å². The Balaban J connectivity index is 1.48. The zero-order chi connectivity index (χ0) is 21.1. The minimum atomic E-state index is -0.454. The van der Waals surface area contributed by atoms with E-state index in [0.717, 1.165) is 16.0 Å². The molecule has 2 aromatic heterocycles. The van der Waals surface area contributed by atoms with Crippen molar-refractivity contribution in [1.82, 2.24) is 9.66 Å². The molecule has 4 rings (SSSR count). The van der Waals surface area contributed by atoms with Crippen molar-refractivity contribution in [2.45, 2.75) is 13.3 Å². The molecule has 0 unspecified atom stereocenters. The SMILES string of the molecule is CCc1cc2c(=O)n(NC(=O)c3ccc(NC(=O)c4ccccc4)cc3)cnc2s1. The Hall–Kier alpha value is -3.78. The highest BCUT2D eigenvalue weighted by Crippen LogP contribution is 2.20. The highest BCUT2D eigenvalue weighted by Gasteiger charge is 2.12. The van der Waals surface area contributed by atoms with Gasteiger partial charge in [-0.1, -0.05) is 25.1 Å². The lowest BCUT2D eigenvalue weighted by molar-refractivity contribution is 0.100. The van der Waals surface area contributed by atoms with E-state index in [9.17, 15) is 14.4 Å². The summed E-state index contributed by atoms with van der Waals surface area (Å²) in [5.41, 5.74) is 3.68. The molecular weight excluding hydrogens is 400 g/mol. The molecule has 0 aliphatic carbocycles. The van der Waals surface area contributed by atoms with Crippen LogP contribution in [0.1, 0.15) is 32.5 Å². The molecule has 0 atom stereocenters. The van der Waals surface area contributed by atoms with E-state index in [1.807, 2.05) is 19.1 Å². The van der Waals surface area contributed by atoms with Crippen LogP contribution in [0.4, 0.5) is 5.69 Å². The zero-order valence-corrected chi connectivity index (χ0v) is 16.9. The normalized spacial score (nSPS) is 10.7. The number of fused-ring (bicyclic) bond motifs is 1. The van der Waals surface area contributed by atoms with Crippen LogP contribution in [0.15, 0.2) is 71.8 Å². The van der Waals surface area contributed by atoms with Gasteiger partial charge in [0.1, 0.15) is 11.2 Å². The Kier molecular flexibility index (Phi) is 5.40. The van der Waals surface area contributed by atoms with Crippen molar-refractivity contribution in [3.05, 3.63) is 93.3 Å². The number of hydrogen-bond acceptors (Lipinski definition) is 5. The van der Waals surface area contributed by atoms with Gasteiger partial charge in [0.15, 0.2) is 0 Å². The fourth-order valence-corrected chi connectivity index (χ4v) is 3.82. The molecule has 8 heteroatoms.